The zero-order chi connectivity index (χ0) is 28.3. The number of rotatable bonds is 12. The van der Waals surface area contributed by atoms with Crippen LogP contribution in [-0.4, -0.2) is 71.6 Å². The molecule has 4 amide bonds. The minimum atomic E-state index is -1.37. The smallest absolute Gasteiger partial charge is 0.408 e. The Bertz CT molecular complexity index is 989. The standard InChI is InChI=1S/C25H38N4O8/c1-7-13-29(23(34)17(11-12-18(26)30)28-24(35)37-25(3,4)5)20(22(33)27-14-19(31)36-6)16-10-8-9-15(2)21(16)32/h8-10,17,20,32H,7,11-14H2,1-6H3,(H2,26,30)(H,27,33)(H,28,35). The zero-order valence-electron chi connectivity index (χ0n) is 22.3. The van der Waals surface area contributed by atoms with Crippen LogP contribution in [0.2, 0.25) is 0 Å². The Morgan fingerprint density at radius 2 is 1.81 bits per heavy atom. The molecule has 0 aromatic heterocycles. The van der Waals surface area contributed by atoms with Crippen LogP contribution in [0.25, 0.3) is 0 Å². The van der Waals surface area contributed by atoms with Crippen molar-refractivity contribution >= 4 is 29.8 Å². The van der Waals surface area contributed by atoms with Crippen LogP contribution >= 0.6 is 0 Å². The summed E-state index contributed by atoms with van der Waals surface area (Å²) >= 11 is 0. The molecule has 1 aromatic rings. The molecule has 0 fully saturated rings. The SMILES string of the molecule is CCCN(C(=O)C(CCC(N)=O)NC(=O)OC(C)(C)C)C(C(=O)NCC(=O)OC)c1cccc(C)c1O. The molecule has 0 spiro atoms. The van der Waals surface area contributed by atoms with Crippen LogP contribution in [0.1, 0.15) is 64.1 Å². The number of nitrogens with one attached hydrogen (secondary N) is 2. The van der Waals surface area contributed by atoms with Crippen molar-refractivity contribution < 1.29 is 38.6 Å². The molecule has 1 aromatic carbocycles. The van der Waals surface area contributed by atoms with Gasteiger partial charge in [0.15, 0.2) is 0 Å². The molecule has 0 saturated heterocycles. The zero-order valence-corrected chi connectivity index (χ0v) is 22.3. The molecule has 0 aliphatic rings. The number of primary amides is 1. The minimum absolute atomic E-state index is 0.0472. The van der Waals surface area contributed by atoms with Gasteiger partial charge in [0.2, 0.25) is 17.7 Å². The van der Waals surface area contributed by atoms with E-state index in [1.807, 2.05) is 0 Å². The third-order valence-corrected chi connectivity index (χ3v) is 5.17. The van der Waals surface area contributed by atoms with Crippen molar-refractivity contribution in [2.75, 3.05) is 20.2 Å². The largest absolute Gasteiger partial charge is 0.507 e. The number of aromatic hydroxyl groups is 1. The number of phenols is 1. The van der Waals surface area contributed by atoms with E-state index in [1.165, 1.54) is 11.0 Å². The lowest BCUT2D eigenvalue weighted by Crippen LogP contribution is -2.53. The number of carbonyl (C=O) groups excluding carboxylic acids is 5. The number of ether oxygens (including phenoxy) is 2. The number of aryl methyl sites for hydroxylation is 1. The van der Waals surface area contributed by atoms with E-state index in [1.54, 1.807) is 46.8 Å². The number of alkyl carbamates (subject to hydrolysis) is 1. The number of nitrogens with zero attached hydrogens (tertiary/aromatic N) is 1. The number of nitrogens with two attached hydrogens (primary N) is 1. The Hall–Kier alpha value is -3.83. The van der Waals surface area contributed by atoms with Gasteiger partial charge in [-0.1, -0.05) is 25.1 Å². The Balaban J connectivity index is 3.51. The lowest BCUT2D eigenvalue weighted by atomic mass is 9.98. The molecule has 0 saturated carbocycles. The first-order chi connectivity index (χ1) is 17.2. The van der Waals surface area contributed by atoms with Crippen molar-refractivity contribution in [2.45, 2.75) is 71.6 Å². The van der Waals surface area contributed by atoms with Crippen molar-refractivity contribution in [1.29, 1.82) is 0 Å². The molecule has 2 unspecified atom stereocenters. The Morgan fingerprint density at radius 1 is 1.16 bits per heavy atom. The molecule has 0 heterocycles. The van der Waals surface area contributed by atoms with Crippen LogP contribution in [0.3, 0.4) is 0 Å². The fourth-order valence-corrected chi connectivity index (χ4v) is 3.48. The maximum Gasteiger partial charge on any atom is 0.408 e. The normalized spacial score (nSPS) is 12.6. The number of esters is 1. The number of phenolic OH excluding ortho intramolecular Hbond substituents is 1. The minimum Gasteiger partial charge on any atom is -0.507 e. The Labute approximate surface area is 216 Å². The van der Waals surface area contributed by atoms with Crippen LogP contribution < -0.4 is 16.4 Å². The maximum absolute atomic E-state index is 13.8. The van der Waals surface area contributed by atoms with E-state index in [2.05, 4.69) is 15.4 Å². The first kappa shape index (κ1) is 31.2. The molecule has 1 rings (SSSR count). The monoisotopic (exact) mass is 522 g/mol. The summed E-state index contributed by atoms with van der Waals surface area (Å²) in [7, 11) is 1.16. The number of hydrogen-bond acceptors (Lipinski definition) is 8. The van der Waals surface area contributed by atoms with E-state index in [0.29, 0.717) is 12.0 Å². The van der Waals surface area contributed by atoms with Crippen LogP contribution in [-0.2, 0) is 28.7 Å². The second kappa shape index (κ2) is 14.0. The highest BCUT2D eigenvalue weighted by Crippen LogP contribution is 2.32. The quantitative estimate of drug-likeness (QED) is 0.298. The van der Waals surface area contributed by atoms with Gasteiger partial charge in [-0.15, -0.1) is 0 Å². The second-order valence-electron chi connectivity index (χ2n) is 9.44. The van der Waals surface area contributed by atoms with Crippen LogP contribution in [0, 0.1) is 6.92 Å². The summed E-state index contributed by atoms with van der Waals surface area (Å²) in [6.07, 6.45) is -0.851. The van der Waals surface area contributed by atoms with E-state index >= 15 is 0 Å². The fraction of sp³-hybridized carbons (Fsp3) is 0.560. The van der Waals surface area contributed by atoms with Gasteiger partial charge in [0.05, 0.1) is 7.11 Å². The molecular formula is C25H38N4O8. The molecule has 0 bridgehead atoms. The Morgan fingerprint density at radius 3 is 2.35 bits per heavy atom. The van der Waals surface area contributed by atoms with Gasteiger partial charge in [-0.3, -0.25) is 19.2 Å². The number of para-hydroxylation sites is 1. The lowest BCUT2D eigenvalue weighted by molar-refractivity contribution is -0.144. The predicted octanol–water partition coefficient (Wildman–Crippen LogP) is 1.43. The van der Waals surface area contributed by atoms with E-state index < -0.39 is 54.0 Å². The van der Waals surface area contributed by atoms with Gasteiger partial charge in [0.25, 0.3) is 0 Å². The Kier molecular flexibility index (Phi) is 11.8. The average Bonchev–Trinajstić information content (AvgIpc) is 2.80. The van der Waals surface area contributed by atoms with Gasteiger partial charge in [-0.2, -0.15) is 0 Å². The molecule has 0 aliphatic heterocycles. The summed E-state index contributed by atoms with van der Waals surface area (Å²) < 4.78 is 9.83. The molecular weight excluding hydrogens is 484 g/mol. The topological polar surface area (TPSA) is 177 Å². The van der Waals surface area contributed by atoms with Crippen molar-refractivity contribution in [3.05, 3.63) is 29.3 Å². The van der Waals surface area contributed by atoms with E-state index in [4.69, 9.17) is 10.5 Å². The highest BCUT2D eigenvalue weighted by atomic mass is 16.6. The van der Waals surface area contributed by atoms with Crippen molar-refractivity contribution in [2.24, 2.45) is 5.73 Å². The lowest BCUT2D eigenvalue weighted by Gasteiger charge is -2.34. The van der Waals surface area contributed by atoms with Crippen LogP contribution in [0.4, 0.5) is 4.79 Å². The molecule has 206 valence electrons. The van der Waals surface area contributed by atoms with Crippen molar-refractivity contribution in [3.63, 3.8) is 0 Å². The summed E-state index contributed by atoms with van der Waals surface area (Å²) in [5.74, 6) is -3.05. The van der Waals surface area contributed by atoms with Crippen molar-refractivity contribution in [1.82, 2.24) is 15.5 Å². The summed E-state index contributed by atoms with van der Waals surface area (Å²) in [5, 5.41) is 15.7. The first-order valence-electron chi connectivity index (χ1n) is 11.9. The number of hydrogen-bond donors (Lipinski definition) is 4. The predicted molar refractivity (Wildman–Crippen MR) is 134 cm³/mol. The molecule has 0 aliphatic carbocycles. The van der Waals surface area contributed by atoms with Crippen molar-refractivity contribution in [3.8, 4) is 5.75 Å². The summed E-state index contributed by atoms with van der Waals surface area (Å²) in [5.41, 5.74) is 5.01. The van der Waals surface area contributed by atoms with Gasteiger partial charge in [-0.05, 0) is 46.1 Å². The number of carbonyl (C=O) groups is 5. The molecule has 12 heteroatoms. The van der Waals surface area contributed by atoms with Crippen LogP contribution in [0.15, 0.2) is 18.2 Å². The maximum atomic E-state index is 13.8. The highest BCUT2D eigenvalue weighted by molar-refractivity contribution is 5.94. The van der Waals surface area contributed by atoms with E-state index in [9.17, 15) is 29.1 Å². The molecule has 12 nitrogen and oxygen atoms in total. The van der Waals surface area contributed by atoms with Gasteiger partial charge in [0, 0.05) is 18.5 Å². The molecule has 2 atom stereocenters. The average molecular weight is 523 g/mol. The van der Waals surface area contributed by atoms with Gasteiger partial charge >= 0.3 is 12.1 Å². The van der Waals surface area contributed by atoms with Gasteiger partial charge in [-0.25, -0.2) is 4.79 Å². The summed E-state index contributed by atoms with van der Waals surface area (Å²) in [4.78, 5) is 63.9. The third-order valence-electron chi connectivity index (χ3n) is 5.17. The first-order valence-corrected chi connectivity index (χ1v) is 11.9. The second-order valence-corrected chi connectivity index (χ2v) is 9.44. The van der Waals surface area contributed by atoms with E-state index in [0.717, 1.165) is 7.11 Å². The number of benzene rings is 1. The summed E-state index contributed by atoms with van der Waals surface area (Å²) in [6.45, 7) is 7.95. The molecule has 5 N–H and O–H groups in total. The van der Waals surface area contributed by atoms with Gasteiger partial charge < -0.3 is 35.8 Å². The van der Waals surface area contributed by atoms with E-state index in [-0.39, 0.29) is 30.7 Å². The summed E-state index contributed by atoms with van der Waals surface area (Å²) in [6, 6.07) is 2.10. The molecule has 0 radical (unpaired) electrons. The number of amides is 4. The number of methoxy groups -OCH3 is 1. The third kappa shape index (κ3) is 9.98. The van der Waals surface area contributed by atoms with Gasteiger partial charge in [0.1, 0.15) is 30.0 Å². The highest BCUT2D eigenvalue weighted by Gasteiger charge is 2.37. The van der Waals surface area contributed by atoms with Crippen LogP contribution in [0.5, 0.6) is 5.75 Å². The molecule has 37 heavy (non-hydrogen) atoms. The fourth-order valence-electron chi connectivity index (χ4n) is 3.48.